The van der Waals surface area contributed by atoms with E-state index in [2.05, 4.69) is 56.4 Å². The van der Waals surface area contributed by atoms with Crippen LogP contribution in [0.2, 0.25) is 0 Å². The number of halogens is 1. The topological polar surface area (TPSA) is 102 Å². The molecule has 3 heterocycles. The van der Waals surface area contributed by atoms with Crippen LogP contribution in [0.1, 0.15) is 79.8 Å². The maximum Gasteiger partial charge on any atom is 0.412 e. The lowest BCUT2D eigenvalue weighted by Gasteiger charge is -2.44. The summed E-state index contributed by atoms with van der Waals surface area (Å²) >= 11 is 3.58. The SMILES string of the molecule is Cc1c(NC(=O)OC(C)(C)C)ccc(C(=O)N2C[C@@H](C)N(Cc3cn([C@@H]4CCOc5ccc(Br)cc54)nn3)[C@@H](C)C2)c1C. The number of benzene rings is 2. The predicted octanol–water partition coefficient (Wildman–Crippen LogP) is 6.11. The first-order valence-electron chi connectivity index (χ1n) is 14.8. The number of rotatable bonds is 5. The van der Waals surface area contributed by atoms with Gasteiger partial charge in [0.2, 0.25) is 0 Å². The van der Waals surface area contributed by atoms with Crippen LogP contribution in [0.15, 0.2) is 41.0 Å². The van der Waals surface area contributed by atoms with E-state index >= 15 is 0 Å². The van der Waals surface area contributed by atoms with Crippen molar-refractivity contribution in [1.29, 1.82) is 0 Å². The first kappa shape index (κ1) is 31.0. The highest BCUT2D eigenvalue weighted by atomic mass is 79.9. The fraction of sp³-hybridized carbons (Fsp3) is 0.500. The van der Waals surface area contributed by atoms with Crippen molar-refractivity contribution in [3.63, 3.8) is 0 Å². The van der Waals surface area contributed by atoms with Crippen LogP contribution >= 0.6 is 15.9 Å². The van der Waals surface area contributed by atoms with E-state index in [1.54, 1.807) is 12.1 Å². The van der Waals surface area contributed by atoms with Crippen molar-refractivity contribution in [3.8, 4) is 5.75 Å². The van der Waals surface area contributed by atoms with E-state index in [4.69, 9.17) is 9.47 Å². The average molecular weight is 654 g/mol. The van der Waals surface area contributed by atoms with Gasteiger partial charge in [0, 0.05) is 59.4 Å². The van der Waals surface area contributed by atoms with Crippen molar-refractivity contribution in [2.45, 2.75) is 85.2 Å². The Morgan fingerprint density at radius 1 is 1.09 bits per heavy atom. The van der Waals surface area contributed by atoms with Crippen molar-refractivity contribution in [1.82, 2.24) is 24.8 Å². The Balaban J connectivity index is 1.24. The number of aromatic nitrogens is 3. The van der Waals surface area contributed by atoms with Gasteiger partial charge in [-0.2, -0.15) is 0 Å². The van der Waals surface area contributed by atoms with Crippen LogP contribution in [-0.2, 0) is 11.3 Å². The Kier molecular flexibility index (Phi) is 8.85. The fourth-order valence-corrected chi connectivity index (χ4v) is 6.33. The van der Waals surface area contributed by atoms with E-state index in [1.807, 2.05) is 62.5 Å². The molecule has 0 spiro atoms. The second-order valence-electron chi connectivity index (χ2n) is 12.6. The predicted molar refractivity (Wildman–Crippen MR) is 169 cm³/mol. The molecule has 43 heavy (non-hydrogen) atoms. The molecule has 0 bridgehead atoms. The van der Waals surface area contributed by atoms with Crippen LogP contribution in [0.5, 0.6) is 5.75 Å². The third kappa shape index (κ3) is 6.88. The molecule has 10 nitrogen and oxygen atoms in total. The van der Waals surface area contributed by atoms with Gasteiger partial charge in [0.05, 0.1) is 24.5 Å². The number of fused-ring (bicyclic) bond motifs is 1. The smallest absolute Gasteiger partial charge is 0.412 e. The minimum atomic E-state index is -0.594. The lowest BCUT2D eigenvalue weighted by molar-refractivity contribution is 0.0263. The first-order valence-corrected chi connectivity index (χ1v) is 15.6. The van der Waals surface area contributed by atoms with Crippen molar-refractivity contribution in [3.05, 3.63) is 68.9 Å². The number of hydrogen-bond acceptors (Lipinski definition) is 7. The third-order valence-electron chi connectivity index (χ3n) is 8.24. The molecule has 1 fully saturated rings. The molecule has 2 aliphatic rings. The van der Waals surface area contributed by atoms with E-state index in [0.29, 0.717) is 37.5 Å². The molecule has 0 unspecified atom stereocenters. The molecule has 5 rings (SSSR count). The molecular weight excluding hydrogens is 612 g/mol. The summed E-state index contributed by atoms with van der Waals surface area (Å²) in [5.41, 5.74) is 4.39. The number of anilines is 1. The van der Waals surface area contributed by atoms with E-state index < -0.39 is 11.7 Å². The molecule has 1 aromatic heterocycles. The van der Waals surface area contributed by atoms with Gasteiger partial charge in [0.25, 0.3) is 5.91 Å². The first-order chi connectivity index (χ1) is 20.3. The number of ether oxygens (including phenoxy) is 2. The molecule has 2 aliphatic heterocycles. The zero-order chi connectivity index (χ0) is 31.1. The summed E-state index contributed by atoms with van der Waals surface area (Å²) in [7, 11) is 0. The summed E-state index contributed by atoms with van der Waals surface area (Å²) in [6, 6.07) is 9.98. The van der Waals surface area contributed by atoms with Crippen molar-refractivity contribution < 1.29 is 19.1 Å². The summed E-state index contributed by atoms with van der Waals surface area (Å²) in [5, 5.41) is 11.8. The Hall–Kier alpha value is -3.44. The quantitative estimate of drug-likeness (QED) is 0.355. The highest BCUT2D eigenvalue weighted by molar-refractivity contribution is 9.10. The van der Waals surface area contributed by atoms with Gasteiger partial charge < -0.3 is 14.4 Å². The standard InChI is InChI=1S/C32H41BrN6O4/c1-19-15-37(30(40)25-9-10-27(22(4)21(25)3)34-31(41)43-32(5,6)7)16-20(2)38(19)17-24-18-39(36-35-24)28-12-13-42-29-11-8-23(33)14-26(28)29/h8-11,14,18-20,28H,12-13,15-17H2,1-7H3,(H,34,41)/t19-,20+,28-/m1/s1. The maximum absolute atomic E-state index is 13.7. The molecule has 3 atom stereocenters. The molecule has 11 heteroatoms. The normalized spacial score (nSPS) is 20.7. The minimum absolute atomic E-state index is 0.00180. The second kappa shape index (κ2) is 12.3. The largest absolute Gasteiger partial charge is 0.493 e. The van der Waals surface area contributed by atoms with Crippen LogP contribution < -0.4 is 10.1 Å². The number of amides is 2. The molecular formula is C32H41BrN6O4. The third-order valence-corrected chi connectivity index (χ3v) is 8.74. The molecule has 0 radical (unpaired) electrons. The highest BCUT2D eigenvalue weighted by Gasteiger charge is 2.34. The molecule has 0 aliphatic carbocycles. The summed E-state index contributed by atoms with van der Waals surface area (Å²) in [6.07, 6.45) is 2.35. The number of carbonyl (C=O) groups is 2. The zero-order valence-electron chi connectivity index (χ0n) is 26.0. The Labute approximate surface area is 261 Å². The van der Waals surface area contributed by atoms with Crippen LogP contribution in [-0.4, -0.2) is 74.2 Å². The van der Waals surface area contributed by atoms with Crippen LogP contribution in [0, 0.1) is 13.8 Å². The number of carbonyl (C=O) groups excluding carboxylic acids is 2. The summed E-state index contributed by atoms with van der Waals surface area (Å²) in [4.78, 5) is 30.3. The molecule has 2 amide bonds. The van der Waals surface area contributed by atoms with Crippen LogP contribution in [0.4, 0.5) is 10.5 Å². The van der Waals surface area contributed by atoms with Gasteiger partial charge in [-0.05, 0) is 89.9 Å². The van der Waals surface area contributed by atoms with Gasteiger partial charge in [-0.25, -0.2) is 9.48 Å². The summed E-state index contributed by atoms with van der Waals surface area (Å²) < 4.78 is 14.2. The van der Waals surface area contributed by atoms with Crippen LogP contribution in [0.3, 0.4) is 0 Å². The van der Waals surface area contributed by atoms with Crippen molar-refractivity contribution in [2.75, 3.05) is 25.0 Å². The molecule has 230 valence electrons. The number of piperazine rings is 1. The molecule has 0 saturated carbocycles. The van der Waals surface area contributed by atoms with Crippen LogP contribution in [0.25, 0.3) is 0 Å². The van der Waals surface area contributed by atoms with Gasteiger partial charge in [0.1, 0.15) is 11.4 Å². The minimum Gasteiger partial charge on any atom is -0.493 e. The Morgan fingerprint density at radius 2 is 1.81 bits per heavy atom. The summed E-state index contributed by atoms with van der Waals surface area (Å²) in [6.45, 7) is 16.1. The van der Waals surface area contributed by atoms with Gasteiger partial charge in [-0.15, -0.1) is 5.10 Å². The van der Waals surface area contributed by atoms with Gasteiger partial charge in [-0.3, -0.25) is 15.0 Å². The molecule has 1 saturated heterocycles. The van der Waals surface area contributed by atoms with Crippen molar-refractivity contribution >= 4 is 33.6 Å². The average Bonchev–Trinajstić information content (AvgIpc) is 3.40. The van der Waals surface area contributed by atoms with Gasteiger partial charge in [0.15, 0.2) is 0 Å². The van der Waals surface area contributed by atoms with Gasteiger partial charge >= 0.3 is 6.09 Å². The second-order valence-corrected chi connectivity index (χ2v) is 13.6. The van der Waals surface area contributed by atoms with E-state index in [9.17, 15) is 9.59 Å². The fourth-order valence-electron chi connectivity index (χ4n) is 5.95. The summed E-state index contributed by atoms with van der Waals surface area (Å²) in [5.74, 6) is 0.886. The molecule has 1 N–H and O–H groups in total. The highest BCUT2D eigenvalue weighted by Crippen LogP contribution is 2.36. The van der Waals surface area contributed by atoms with E-state index in [-0.39, 0.29) is 24.0 Å². The lowest BCUT2D eigenvalue weighted by atomic mass is 9.99. The number of nitrogens with one attached hydrogen (secondary N) is 1. The van der Waals surface area contributed by atoms with Crippen molar-refractivity contribution in [2.24, 2.45) is 0 Å². The monoisotopic (exact) mass is 652 g/mol. The molecule has 2 aromatic carbocycles. The maximum atomic E-state index is 13.7. The van der Waals surface area contributed by atoms with E-state index in [1.165, 1.54) is 0 Å². The zero-order valence-corrected chi connectivity index (χ0v) is 27.6. The number of hydrogen-bond donors (Lipinski definition) is 1. The Morgan fingerprint density at radius 3 is 2.51 bits per heavy atom. The Bertz CT molecular complexity index is 1500. The number of nitrogens with zero attached hydrogens (tertiary/aromatic N) is 5. The lowest BCUT2D eigenvalue weighted by Crippen LogP contribution is -2.57. The van der Waals surface area contributed by atoms with Gasteiger partial charge in [-0.1, -0.05) is 21.1 Å². The molecule has 3 aromatic rings. The van der Waals surface area contributed by atoms with E-state index in [0.717, 1.165) is 39.0 Å².